The third-order valence-corrected chi connectivity index (χ3v) is 7.78. The first kappa shape index (κ1) is 13.8. The fourth-order valence-electron chi connectivity index (χ4n) is 6.06. The van der Waals surface area contributed by atoms with Crippen LogP contribution in [-0.4, -0.2) is 11.2 Å². The topological polar surface area (TPSA) is 20.2 Å². The molecule has 0 saturated heterocycles. The van der Waals surface area contributed by atoms with Gasteiger partial charge in [0, 0.05) is 11.3 Å². The Morgan fingerprint density at radius 2 is 2.00 bits per heavy atom. The molecule has 3 atom stereocenters. The minimum atomic E-state index is -0.140. The first-order valence-electron chi connectivity index (χ1n) is 7.89. The summed E-state index contributed by atoms with van der Waals surface area (Å²) >= 11 is 5.31. The fraction of sp³-hybridized carbons (Fsp3) is 0.765. The summed E-state index contributed by atoms with van der Waals surface area (Å²) in [6.07, 6.45) is 8.82. The molecule has 0 aliphatic heterocycles. The molecule has 5 rings (SSSR count). The lowest BCUT2D eigenvalue weighted by Crippen LogP contribution is -2.55. The molecular formula is C17H23BrOS. The van der Waals surface area contributed by atoms with Gasteiger partial charge in [0.1, 0.15) is 0 Å². The minimum Gasteiger partial charge on any atom is -0.392 e. The van der Waals surface area contributed by atoms with Gasteiger partial charge in [0.2, 0.25) is 0 Å². The van der Waals surface area contributed by atoms with Gasteiger partial charge in [0.05, 0.1) is 9.89 Å². The van der Waals surface area contributed by atoms with Crippen LogP contribution in [0.4, 0.5) is 0 Å². The molecule has 0 spiro atoms. The van der Waals surface area contributed by atoms with E-state index >= 15 is 0 Å². The van der Waals surface area contributed by atoms with Crippen LogP contribution in [0, 0.1) is 22.7 Å². The van der Waals surface area contributed by atoms with Gasteiger partial charge < -0.3 is 5.11 Å². The lowest BCUT2D eigenvalue weighted by atomic mass is 9.43. The molecule has 1 N–H and O–H groups in total. The third kappa shape index (κ3) is 2.21. The molecule has 1 aromatic heterocycles. The van der Waals surface area contributed by atoms with E-state index in [9.17, 15) is 5.11 Å². The van der Waals surface area contributed by atoms with Crippen molar-refractivity contribution in [3.63, 3.8) is 0 Å². The second kappa shape index (κ2) is 4.57. The highest BCUT2D eigenvalue weighted by atomic mass is 79.9. The van der Waals surface area contributed by atoms with Gasteiger partial charge in [-0.25, -0.2) is 0 Å². The van der Waals surface area contributed by atoms with E-state index in [1.807, 2.05) is 0 Å². The number of hydrogen-bond acceptors (Lipinski definition) is 2. The highest BCUT2D eigenvalue weighted by Gasteiger charge is 2.58. The van der Waals surface area contributed by atoms with Crippen LogP contribution in [0.1, 0.15) is 50.3 Å². The molecule has 1 heterocycles. The van der Waals surface area contributed by atoms with E-state index in [0.29, 0.717) is 5.41 Å². The highest BCUT2D eigenvalue weighted by molar-refractivity contribution is 9.11. The molecular weight excluding hydrogens is 332 g/mol. The van der Waals surface area contributed by atoms with Crippen LogP contribution in [0.5, 0.6) is 0 Å². The summed E-state index contributed by atoms with van der Waals surface area (Å²) in [6, 6.07) is 4.27. The average Bonchev–Trinajstić information content (AvgIpc) is 2.71. The van der Waals surface area contributed by atoms with Crippen LogP contribution in [0.25, 0.3) is 0 Å². The van der Waals surface area contributed by atoms with Crippen molar-refractivity contribution in [3.05, 3.63) is 20.8 Å². The third-order valence-electron chi connectivity index (χ3n) is 6.13. The zero-order valence-electron chi connectivity index (χ0n) is 12.1. The van der Waals surface area contributed by atoms with Crippen molar-refractivity contribution in [2.75, 3.05) is 0 Å². The zero-order chi connectivity index (χ0) is 14.0. The second-order valence-electron chi connectivity index (χ2n) is 8.06. The van der Waals surface area contributed by atoms with Crippen LogP contribution in [0.15, 0.2) is 15.9 Å². The van der Waals surface area contributed by atoms with Crippen LogP contribution < -0.4 is 0 Å². The number of aliphatic hydroxyl groups excluding tert-OH is 1. The Hall–Kier alpha value is 0.140. The predicted octanol–water partition coefficient (Wildman–Crippen LogP) is 5.02. The van der Waals surface area contributed by atoms with Crippen LogP contribution >= 0.6 is 27.3 Å². The lowest BCUT2D eigenvalue weighted by Gasteiger charge is -2.62. The smallest absolute Gasteiger partial charge is 0.0701 e. The number of thiophene rings is 1. The zero-order valence-corrected chi connectivity index (χ0v) is 14.5. The van der Waals surface area contributed by atoms with Crippen molar-refractivity contribution in [2.45, 2.75) is 58.0 Å². The highest BCUT2D eigenvalue weighted by Crippen LogP contribution is 2.66. The quantitative estimate of drug-likeness (QED) is 0.807. The molecule has 3 unspecified atom stereocenters. The molecule has 0 aromatic carbocycles. The number of hydrogen-bond donors (Lipinski definition) is 1. The summed E-state index contributed by atoms with van der Waals surface area (Å²) < 4.78 is 1.18. The molecule has 110 valence electrons. The van der Waals surface area contributed by atoms with E-state index in [-0.39, 0.29) is 11.5 Å². The Morgan fingerprint density at radius 3 is 2.55 bits per heavy atom. The Labute approximate surface area is 133 Å². The molecule has 4 aliphatic rings. The van der Waals surface area contributed by atoms with Gasteiger partial charge in [0.25, 0.3) is 0 Å². The van der Waals surface area contributed by atoms with Crippen molar-refractivity contribution >= 4 is 27.3 Å². The van der Waals surface area contributed by atoms with Crippen molar-refractivity contribution in [1.82, 2.24) is 0 Å². The Bertz CT molecular complexity index is 509. The predicted molar refractivity (Wildman–Crippen MR) is 87.0 cm³/mol. The number of aliphatic hydroxyl groups is 1. The van der Waals surface area contributed by atoms with E-state index in [1.54, 1.807) is 11.3 Å². The Kier molecular flexibility index (Phi) is 3.15. The first-order chi connectivity index (χ1) is 9.46. The summed E-state index contributed by atoms with van der Waals surface area (Å²) in [5.74, 6) is 1.79. The lowest BCUT2D eigenvalue weighted by molar-refractivity contribution is -0.152. The SMILES string of the molecule is CC12CC3CC(C1)CC(C(O)Cc1ccc(Br)s1)(C3)C2. The van der Waals surface area contributed by atoms with E-state index in [4.69, 9.17) is 0 Å². The van der Waals surface area contributed by atoms with Gasteiger partial charge >= 0.3 is 0 Å². The Morgan fingerprint density at radius 1 is 1.30 bits per heavy atom. The first-order valence-corrected chi connectivity index (χ1v) is 9.50. The van der Waals surface area contributed by atoms with E-state index in [2.05, 4.69) is 35.0 Å². The van der Waals surface area contributed by atoms with Crippen LogP contribution in [-0.2, 0) is 6.42 Å². The summed E-state index contributed by atoms with van der Waals surface area (Å²) in [4.78, 5) is 1.32. The number of rotatable bonds is 3. The van der Waals surface area contributed by atoms with Gasteiger partial charge in [-0.3, -0.25) is 0 Å². The maximum atomic E-state index is 11.0. The summed E-state index contributed by atoms with van der Waals surface area (Å²) in [5.41, 5.74) is 0.760. The molecule has 4 fully saturated rings. The van der Waals surface area contributed by atoms with Crippen molar-refractivity contribution in [2.24, 2.45) is 22.7 Å². The maximum absolute atomic E-state index is 11.0. The van der Waals surface area contributed by atoms with Crippen molar-refractivity contribution in [1.29, 1.82) is 0 Å². The normalized spacial score (nSPS) is 44.0. The van der Waals surface area contributed by atoms with Gasteiger partial charge in [-0.2, -0.15) is 0 Å². The molecule has 4 bridgehead atoms. The summed E-state index contributed by atoms with van der Waals surface area (Å²) in [6.45, 7) is 2.48. The van der Waals surface area contributed by atoms with E-state index < -0.39 is 0 Å². The monoisotopic (exact) mass is 354 g/mol. The fourth-order valence-corrected chi connectivity index (χ4v) is 7.58. The van der Waals surface area contributed by atoms with Crippen molar-refractivity contribution in [3.8, 4) is 0 Å². The summed E-state index contributed by atoms with van der Waals surface area (Å²) in [5, 5.41) is 11.0. The molecule has 3 heteroatoms. The molecule has 0 amide bonds. The summed E-state index contributed by atoms with van der Waals surface area (Å²) in [7, 11) is 0. The molecule has 0 radical (unpaired) electrons. The molecule has 1 nitrogen and oxygen atoms in total. The molecule has 1 aromatic rings. The van der Waals surface area contributed by atoms with Crippen LogP contribution in [0.2, 0.25) is 0 Å². The standard InChI is InChI=1S/C17H23BrOS/c1-16-6-11-4-12(7-16)9-17(8-11,10-16)14(19)5-13-2-3-15(18)20-13/h2-3,11-12,14,19H,4-10H2,1H3. The Balaban J connectivity index is 1.57. The van der Waals surface area contributed by atoms with Gasteiger partial charge in [0.15, 0.2) is 0 Å². The van der Waals surface area contributed by atoms with Crippen LogP contribution in [0.3, 0.4) is 0 Å². The number of halogens is 1. The minimum absolute atomic E-state index is 0.140. The van der Waals surface area contributed by atoms with Gasteiger partial charge in [-0.05, 0) is 89.3 Å². The van der Waals surface area contributed by atoms with E-state index in [0.717, 1.165) is 18.3 Å². The average molecular weight is 355 g/mol. The van der Waals surface area contributed by atoms with Crippen molar-refractivity contribution < 1.29 is 5.11 Å². The largest absolute Gasteiger partial charge is 0.392 e. The molecule has 4 aliphatic carbocycles. The molecule has 4 saturated carbocycles. The van der Waals surface area contributed by atoms with Gasteiger partial charge in [-0.1, -0.05) is 6.92 Å². The maximum Gasteiger partial charge on any atom is 0.0701 e. The van der Waals surface area contributed by atoms with Gasteiger partial charge in [-0.15, -0.1) is 11.3 Å². The second-order valence-corrected chi connectivity index (χ2v) is 10.6. The van der Waals surface area contributed by atoms with E-state index in [1.165, 1.54) is 47.2 Å². The molecule has 20 heavy (non-hydrogen) atoms.